The predicted molar refractivity (Wildman–Crippen MR) is 49.6 cm³/mol. The summed E-state index contributed by atoms with van der Waals surface area (Å²) in [5, 5.41) is 2.48. The van der Waals surface area contributed by atoms with Crippen LogP contribution in [0, 0.1) is 5.92 Å². The van der Waals surface area contributed by atoms with Gasteiger partial charge < -0.3 is 16.8 Å². The Morgan fingerprint density at radius 2 is 1.92 bits per heavy atom. The maximum atomic E-state index is 11.2. The van der Waals surface area contributed by atoms with Gasteiger partial charge in [-0.25, -0.2) is 0 Å². The summed E-state index contributed by atoms with van der Waals surface area (Å²) >= 11 is 0. The highest BCUT2D eigenvalue weighted by Gasteiger charge is 2.13. The van der Waals surface area contributed by atoms with Crippen LogP contribution in [-0.4, -0.2) is 24.4 Å². The summed E-state index contributed by atoms with van der Waals surface area (Å²) in [7, 11) is 0. The van der Waals surface area contributed by atoms with Crippen LogP contribution in [0.4, 0.5) is 0 Å². The minimum atomic E-state index is -0.613. The Balaban J connectivity index is 3.81. The summed E-state index contributed by atoms with van der Waals surface area (Å²) in [6.07, 6.45) is 0.327. The van der Waals surface area contributed by atoms with Crippen molar-refractivity contribution in [2.45, 2.75) is 26.3 Å². The number of rotatable bonds is 5. The van der Waals surface area contributed by atoms with E-state index in [1.807, 2.05) is 6.92 Å². The molecule has 2 unspecified atom stereocenters. The number of nitrogens with two attached hydrogens (primary N) is 2. The van der Waals surface area contributed by atoms with Crippen molar-refractivity contribution in [2.24, 2.45) is 17.4 Å². The lowest BCUT2D eigenvalue weighted by Gasteiger charge is -2.12. The molecular formula is C8H17N3O2. The molecule has 0 heterocycles. The molecule has 0 saturated carbocycles. The monoisotopic (exact) mass is 187 g/mol. The first kappa shape index (κ1) is 11.9. The summed E-state index contributed by atoms with van der Waals surface area (Å²) in [6.45, 7) is 3.88. The Kier molecular flexibility index (Phi) is 5.06. The average Bonchev–Trinajstić information content (AvgIpc) is 2.03. The van der Waals surface area contributed by atoms with Crippen LogP contribution in [0.25, 0.3) is 0 Å². The molecule has 2 amide bonds. The molecule has 5 N–H and O–H groups in total. The highest BCUT2D eigenvalue weighted by molar-refractivity contribution is 5.86. The lowest BCUT2D eigenvalue weighted by molar-refractivity contribution is -0.127. The molecule has 2 atom stereocenters. The molecule has 0 aromatic heterocycles. The van der Waals surface area contributed by atoms with Crippen LogP contribution in [0.1, 0.15) is 20.3 Å². The molecule has 5 nitrogen and oxygen atoms in total. The van der Waals surface area contributed by atoms with E-state index in [1.165, 1.54) is 0 Å². The van der Waals surface area contributed by atoms with Gasteiger partial charge in [0.1, 0.15) is 6.04 Å². The molecule has 5 heteroatoms. The number of carbonyl (C=O) groups excluding carboxylic acids is 2. The molecule has 0 aromatic rings. The van der Waals surface area contributed by atoms with E-state index in [0.717, 1.165) is 0 Å². The average molecular weight is 187 g/mol. The van der Waals surface area contributed by atoms with Crippen molar-refractivity contribution in [3.05, 3.63) is 0 Å². The number of nitrogens with one attached hydrogen (secondary N) is 1. The van der Waals surface area contributed by atoms with Gasteiger partial charge >= 0.3 is 0 Å². The van der Waals surface area contributed by atoms with Crippen LogP contribution >= 0.6 is 0 Å². The largest absolute Gasteiger partial charge is 0.368 e. The standard InChI is InChI=1S/C8H17N3O2/c1-5(4-9)3-7(12)11-6(2)8(10)13/h5-6H,3-4,9H2,1-2H3,(H2,10,13)(H,11,12). The Bertz CT molecular complexity index is 194. The lowest BCUT2D eigenvalue weighted by Crippen LogP contribution is -2.42. The van der Waals surface area contributed by atoms with Crippen LogP contribution in [0.3, 0.4) is 0 Å². The summed E-state index contributed by atoms with van der Waals surface area (Å²) < 4.78 is 0. The zero-order chi connectivity index (χ0) is 10.4. The van der Waals surface area contributed by atoms with E-state index in [4.69, 9.17) is 11.5 Å². The van der Waals surface area contributed by atoms with E-state index in [1.54, 1.807) is 6.92 Å². The van der Waals surface area contributed by atoms with Gasteiger partial charge in [-0.3, -0.25) is 9.59 Å². The number of hydrogen-bond donors (Lipinski definition) is 3. The van der Waals surface area contributed by atoms with Crippen molar-refractivity contribution in [1.29, 1.82) is 0 Å². The minimum absolute atomic E-state index is 0.125. The molecule has 76 valence electrons. The molecule has 0 fully saturated rings. The number of hydrogen-bond acceptors (Lipinski definition) is 3. The maximum Gasteiger partial charge on any atom is 0.239 e. The normalized spacial score (nSPS) is 14.7. The third-order valence-corrected chi connectivity index (χ3v) is 1.74. The second-order valence-corrected chi connectivity index (χ2v) is 3.24. The molecular weight excluding hydrogens is 170 g/mol. The highest BCUT2D eigenvalue weighted by atomic mass is 16.2. The second kappa shape index (κ2) is 5.53. The highest BCUT2D eigenvalue weighted by Crippen LogP contribution is 1.98. The second-order valence-electron chi connectivity index (χ2n) is 3.24. The zero-order valence-electron chi connectivity index (χ0n) is 8.04. The molecule has 0 rings (SSSR count). The van der Waals surface area contributed by atoms with Gasteiger partial charge in [0.2, 0.25) is 11.8 Å². The smallest absolute Gasteiger partial charge is 0.239 e. The zero-order valence-corrected chi connectivity index (χ0v) is 8.04. The minimum Gasteiger partial charge on any atom is -0.368 e. The van der Waals surface area contributed by atoms with Crippen molar-refractivity contribution >= 4 is 11.8 Å². The first-order valence-electron chi connectivity index (χ1n) is 4.26. The number of carbonyl (C=O) groups is 2. The SMILES string of the molecule is CC(CN)CC(=O)NC(C)C(N)=O. The van der Waals surface area contributed by atoms with Crippen LogP contribution in [0.2, 0.25) is 0 Å². The summed E-state index contributed by atoms with van der Waals surface area (Å²) in [4.78, 5) is 21.7. The molecule has 0 aromatic carbocycles. The van der Waals surface area contributed by atoms with Crippen LogP contribution in [-0.2, 0) is 9.59 Å². The fraction of sp³-hybridized carbons (Fsp3) is 0.750. The van der Waals surface area contributed by atoms with Crippen molar-refractivity contribution in [3.63, 3.8) is 0 Å². The van der Waals surface area contributed by atoms with Crippen LogP contribution in [0.15, 0.2) is 0 Å². The molecule has 0 aliphatic heterocycles. The van der Waals surface area contributed by atoms with E-state index in [0.29, 0.717) is 13.0 Å². The van der Waals surface area contributed by atoms with E-state index in [9.17, 15) is 9.59 Å². The van der Waals surface area contributed by atoms with Gasteiger partial charge in [-0.1, -0.05) is 6.92 Å². The van der Waals surface area contributed by atoms with Crippen molar-refractivity contribution < 1.29 is 9.59 Å². The fourth-order valence-electron chi connectivity index (χ4n) is 0.771. The van der Waals surface area contributed by atoms with Gasteiger partial charge in [-0.05, 0) is 19.4 Å². The molecule has 0 aliphatic rings. The predicted octanol–water partition coefficient (Wildman–Crippen LogP) is -1.04. The van der Waals surface area contributed by atoms with E-state index in [-0.39, 0.29) is 11.8 Å². The Morgan fingerprint density at radius 1 is 1.38 bits per heavy atom. The Hall–Kier alpha value is -1.10. The Labute approximate surface area is 77.8 Å². The van der Waals surface area contributed by atoms with E-state index >= 15 is 0 Å². The van der Waals surface area contributed by atoms with Crippen LogP contribution < -0.4 is 16.8 Å². The molecule has 0 saturated heterocycles. The van der Waals surface area contributed by atoms with Gasteiger partial charge in [0.25, 0.3) is 0 Å². The molecule has 0 radical (unpaired) electrons. The van der Waals surface area contributed by atoms with Gasteiger partial charge in [-0.15, -0.1) is 0 Å². The molecule has 13 heavy (non-hydrogen) atoms. The third-order valence-electron chi connectivity index (χ3n) is 1.74. The van der Waals surface area contributed by atoms with E-state index < -0.39 is 11.9 Å². The lowest BCUT2D eigenvalue weighted by atomic mass is 10.1. The van der Waals surface area contributed by atoms with Crippen molar-refractivity contribution in [2.75, 3.05) is 6.54 Å². The van der Waals surface area contributed by atoms with Gasteiger partial charge in [0.15, 0.2) is 0 Å². The number of amides is 2. The Morgan fingerprint density at radius 3 is 2.31 bits per heavy atom. The summed E-state index contributed by atoms with van der Waals surface area (Å²) in [5.41, 5.74) is 10.3. The summed E-state index contributed by atoms with van der Waals surface area (Å²) in [5.74, 6) is -0.599. The van der Waals surface area contributed by atoms with Gasteiger partial charge in [-0.2, -0.15) is 0 Å². The van der Waals surface area contributed by atoms with Gasteiger partial charge in [0.05, 0.1) is 0 Å². The first-order chi connectivity index (χ1) is 5.97. The molecule has 0 aliphatic carbocycles. The fourth-order valence-corrected chi connectivity index (χ4v) is 0.771. The van der Waals surface area contributed by atoms with Crippen LogP contribution in [0.5, 0.6) is 0 Å². The van der Waals surface area contributed by atoms with Gasteiger partial charge in [0, 0.05) is 6.42 Å². The summed E-state index contributed by atoms with van der Waals surface area (Å²) in [6, 6.07) is -0.613. The topological polar surface area (TPSA) is 98.2 Å². The molecule has 0 bridgehead atoms. The van der Waals surface area contributed by atoms with E-state index in [2.05, 4.69) is 5.32 Å². The quantitative estimate of drug-likeness (QED) is 0.512. The maximum absolute atomic E-state index is 11.2. The number of primary amides is 1. The first-order valence-corrected chi connectivity index (χ1v) is 4.26. The third kappa shape index (κ3) is 5.19. The molecule has 0 spiro atoms. The van der Waals surface area contributed by atoms with Crippen molar-refractivity contribution in [3.8, 4) is 0 Å². The van der Waals surface area contributed by atoms with Crippen molar-refractivity contribution in [1.82, 2.24) is 5.32 Å².